The predicted molar refractivity (Wildman–Crippen MR) is 81.9 cm³/mol. The summed E-state index contributed by atoms with van der Waals surface area (Å²) in [4.78, 5) is 12.5. The molecule has 1 aromatic carbocycles. The standard InChI is InChI=1S/C13H12BrN5O2/c1-20-9-5-7(3-4-8(9)14)19-11-10(18-13(19)15)12(21-2)17-6-16-11/h3-6H,1-2H3,(H2,15,18). The molecule has 0 aliphatic rings. The van der Waals surface area contributed by atoms with Crippen molar-refractivity contribution in [3.8, 4) is 17.3 Å². The Bertz CT molecular complexity index is 818. The van der Waals surface area contributed by atoms with E-state index >= 15 is 0 Å². The number of imidazole rings is 1. The molecular weight excluding hydrogens is 338 g/mol. The molecule has 0 radical (unpaired) electrons. The third-order valence-electron chi connectivity index (χ3n) is 3.02. The molecule has 0 atom stereocenters. The van der Waals surface area contributed by atoms with Gasteiger partial charge in [0, 0.05) is 6.07 Å². The number of nitrogen functional groups attached to an aromatic ring is 1. The Labute approximate surface area is 128 Å². The summed E-state index contributed by atoms with van der Waals surface area (Å²) in [5.41, 5.74) is 7.89. The van der Waals surface area contributed by atoms with Crippen LogP contribution in [0.3, 0.4) is 0 Å². The number of anilines is 1. The summed E-state index contributed by atoms with van der Waals surface area (Å²) < 4.78 is 13.1. The Kier molecular flexibility index (Phi) is 3.38. The summed E-state index contributed by atoms with van der Waals surface area (Å²) in [5, 5.41) is 0. The van der Waals surface area contributed by atoms with Crippen LogP contribution in [-0.2, 0) is 0 Å². The van der Waals surface area contributed by atoms with Gasteiger partial charge in [0.25, 0.3) is 0 Å². The number of hydrogen-bond donors (Lipinski definition) is 1. The first-order valence-electron chi connectivity index (χ1n) is 6.02. The Morgan fingerprint density at radius 2 is 2.00 bits per heavy atom. The number of aromatic nitrogens is 4. The molecule has 2 aromatic heterocycles. The average Bonchev–Trinajstić information content (AvgIpc) is 2.83. The molecule has 21 heavy (non-hydrogen) atoms. The zero-order valence-electron chi connectivity index (χ0n) is 11.4. The highest BCUT2D eigenvalue weighted by molar-refractivity contribution is 9.10. The summed E-state index contributed by atoms with van der Waals surface area (Å²) in [5.74, 6) is 1.37. The second-order valence-electron chi connectivity index (χ2n) is 4.18. The largest absolute Gasteiger partial charge is 0.495 e. The van der Waals surface area contributed by atoms with Crippen molar-refractivity contribution < 1.29 is 9.47 Å². The van der Waals surface area contributed by atoms with Crippen LogP contribution in [0.4, 0.5) is 5.95 Å². The number of halogens is 1. The van der Waals surface area contributed by atoms with E-state index in [9.17, 15) is 0 Å². The lowest BCUT2D eigenvalue weighted by atomic mass is 10.3. The maximum Gasteiger partial charge on any atom is 0.245 e. The first kappa shape index (κ1) is 13.6. The summed E-state index contributed by atoms with van der Waals surface area (Å²) in [6.07, 6.45) is 1.41. The van der Waals surface area contributed by atoms with E-state index < -0.39 is 0 Å². The fourth-order valence-corrected chi connectivity index (χ4v) is 2.49. The van der Waals surface area contributed by atoms with Gasteiger partial charge in [0.15, 0.2) is 11.2 Å². The molecule has 0 bridgehead atoms. The summed E-state index contributed by atoms with van der Waals surface area (Å²) in [6, 6.07) is 5.60. The molecule has 0 aliphatic carbocycles. The lowest BCUT2D eigenvalue weighted by molar-refractivity contribution is 0.401. The Morgan fingerprint density at radius 1 is 1.19 bits per heavy atom. The van der Waals surface area contributed by atoms with Crippen LogP contribution in [0.2, 0.25) is 0 Å². The monoisotopic (exact) mass is 349 g/mol. The molecule has 0 saturated heterocycles. The van der Waals surface area contributed by atoms with E-state index in [0.717, 1.165) is 10.2 Å². The number of nitrogens with two attached hydrogens (primary N) is 1. The number of hydrogen-bond acceptors (Lipinski definition) is 6. The summed E-state index contributed by atoms with van der Waals surface area (Å²) in [7, 11) is 3.13. The Balaban J connectivity index is 2.27. The highest BCUT2D eigenvalue weighted by atomic mass is 79.9. The van der Waals surface area contributed by atoms with Crippen molar-refractivity contribution in [2.45, 2.75) is 0 Å². The molecule has 0 spiro atoms. The molecule has 3 aromatic rings. The second-order valence-corrected chi connectivity index (χ2v) is 5.03. The van der Waals surface area contributed by atoms with Crippen LogP contribution in [0.1, 0.15) is 0 Å². The van der Waals surface area contributed by atoms with Crippen LogP contribution in [0.5, 0.6) is 11.6 Å². The van der Waals surface area contributed by atoms with Gasteiger partial charge in [-0.15, -0.1) is 0 Å². The van der Waals surface area contributed by atoms with Crippen molar-refractivity contribution in [2.24, 2.45) is 0 Å². The lowest BCUT2D eigenvalue weighted by Gasteiger charge is -2.09. The Morgan fingerprint density at radius 3 is 2.71 bits per heavy atom. The average molecular weight is 350 g/mol. The molecule has 0 fully saturated rings. The van der Waals surface area contributed by atoms with Crippen LogP contribution in [-0.4, -0.2) is 33.7 Å². The van der Waals surface area contributed by atoms with E-state index in [-0.39, 0.29) is 0 Å². The van der Waals surface area contributed by atoms with Crippen molar-refractivity contribution in [1.29, 1.82) is 0 Å². The van der Waals surface area contributed by atoms with E-state index in [1.165, 1.54) is 13.4 Å². The van der Waals surface area contributed by atoms with Gasteiger partial charge in [0.2, 0.25) is 11.8 Å². The molecule has 3 rings (SSSR count). The van der Waals surface area contributed by atoms with Gasteiger partial charge in [0.1, 0.15) is 12.1 Å². The fraction of sp³-hybridized carbons (Fsp3) is 0.154. The molecule has 8 heteroatoms. The van der Waals surface area contributed by atoms with E-state index in [1.807, 2.05) is 18.2 Å². The molecule has 2 N–H and O–H groups in total. The highest BCUT2D eigenvalue weighted by Crippen LogP contribution is 2.31. The second kappa shape index (κ2) is 5.21. The van der Waals surface area contributed by atoms with E-state index in [2.05, 4.69) is 30.9 Å². The number of fused-ring (bicyclic) bond motifs is 1. The smallest absolute Gasteiger partial charge is 0.245 e. The minimum absolute atomic E-state index is 0.299. The van der Waals surface area contributed by atoms with Crippen LogP contribution in [0.25, 0.3) is 16.9 Å². The topological polar surface area (TPSA) is 88.1 Å². The normalized spacial score (nSPS) is 10.8. The minimum Gasteiger partial charge on any atom is -0.495 e. The molecule has 0 saturated carbocycles. The molecule has 0 amide bonds. The van der Waals surface area contributed by atoms with E-state index in [0.29, 0.717) is 28.7 Å². The summed E-state index contributed by atoms with van der Waals surface area (Å²) >= 11 is 3.42. The van der Waals surface area contributed by atoms with Gasteiger partial charge in [-0.05, 0) is 28.1 Å². The van der Waals surface area contributed by atoms with Gasteiger partial charge < -0.3 is 15.2 Å². The number of nitrogens with zero attached hydrogens (tertiary/aromatic N) is 4. The van der Waals surface area contributed by atoms with E-state index in [4.69, 9.17) is 15.2 Å². The first-order valence-corrected chi connectivity index (χ1v) is 6.82. The molecular formula is C13H12BrN5O2. The highest BCUT2D eigenvalue weighted by Gasteiger charge is 2.16. The van der Waals surface area contributed by atoms with Gasteiger partial charge in [-0.25, -0.2) is 9.97 Å². The van der Waals surface area contributed by atoms with Crippen molar-refractivity contribution in [3.63, 3.8) is 0 Å². The first-order chi connectivity index (χ1) is 10.2. The Hall–Kier alpha value is -2.35. The van der Waals surface area contributed by atoms with Crippen molar-refractivity contribution in [3.05, 3.63) is 29.0 Å². The van der Waals surface area contributed by atoms with Gasteiger partial charge in [-0.2, -0.15) is 4.98 Å². The van der Waals surface area contributed by atoms with Crippen LogP contribution < -0.4 is 15.2 Å². The number of methoxy groups -OCH3 is 2. The molecule has 2 heterocycles. The zero-order valence-corrected chi connectivity index (χ0v) is 13.0. The molecule has 7 nitrogen and oxygen atoms in total. The molecule has 0 aliphatic heterocycles. The van der Waals surface area contributed by atoms with Crippen LogP contribution >= 0.6 is 15.9 Å². The fourth-order valence-electron chi connectivity index (χ4n) is 2.08. The quantitative estimate of drug-likeness (QED) is 0.779. The van der Waals surface area contributed by atoms with Gasteiger partial charge in [0.05, 0.1) is 24.4 Å². The van der Waals surface area contributed by atoms with Crippen molar-refractivity contribution in [1.82, 2.24) is 19.5 Å². The molecule has 108 valence electrons. The van der Waals surface area contributed by atoms with Crippen molar-refractivity contribution in [2.75, 3.05) is 20.0 Å². The van der Waals surface area contributed by atoms with Gasteiger partial charge >= 0.3 is 0 Å². The van der Waals surface area contributed by atoms with Crippen molar-refractivity contribution >= 4 is 33.0 Å². The van der Waals surface area contributed by atoms with Gasteiger partial charge in [-0.1, -0.05) is 0 Å². The van der Waals surface area contributed by atoms with Crippen LogP contribution in [0, 0.1) is 0 Å². The predicted octanol–water partition coefficient (Wildman–Crippen LogP) is 2.18. The number of ether oxygens (including phenoxy) is 2. The maximum absolute atomic E-state index is 6.01. The SMILES string of the molecule is COc1cc(-n2c(N)nc3c(OC)ncnc32)ccc1Br. The lowest BCUT2D eigenvalue weighted by Crippen LogP contribution is -2.02. The third kappa shape index (κ3) is 2.17. The van der Waals surface area contributed by atoms with Gasteiger partial charge in [-0.3, -0.25) is 4.57 Å². The number of rotatable bonds is 3. The third-order valence-corrected chi connectivity index (χ3v) is 3.68. The van der Waals surface area contributed by atoms with Crippen LogP contribution in [0.15, 0.2) is 29.0 Å². The minimum atomic E-state index is 0.299. The number of benzene rings is 1. The van der Waals surface area contributed by atoms with E-state index in [1.54, 1.807) is 11.7 Å². The zero-order chi connectivity index (χ0) is 15.0. The maximum atomic E-state index is 6.01. The molecule has 0 unspecified atom stereocenters. The summed E-state index contributed by atoms with van der Waals surface area (Å²) in [6.45, 7) is 0.